The molecule has 172 valence electrons. The number of nitrogens with zero attached hydrogens (tertiary/aromatic N) is 2. The van der Waals surface area contributed by atoms with Crippen molar-refractivity contribution in [2.24, 2.45) is 5.92 Å². The smallest absolute Gasteiger partial charge is 0.257 e. The minimum absolute atomic E-state index is 0.0769. The van der Waals surface area contributed by atoms with Crippen LogP contribution in [0.2, 0.25) is 0 Å². The van der Waals surface area contributed by atoms with Gasteiger partial charge in [0, 0.05) is 37.7 Å². The largest absolute Gasteiger partial charge is 0.504 e. The fourth-order valence-corrected chi connectivity index (χ4v) is 4.71. The summed E-state index contributed by atoms with van der Waals surface area (Å²) >= 11 is 0. The maximum atomic E-state index is 12.9. The number of carbonyl (C=O) groups excluding carboxylic acids is 1. The van der Waals surface area contributed by atoms with E-state index in [0.717, 1.165) is 57.4 Å². The Morgan fingerprint density at radius 3 is 2.59 bits per heavy atom. The van der Waals surface area contributed by atoms with Gasteiger partial charge in [0.25, 0.3) is 5.91 Å². The van der Waals surface area contributed by atoms with Gasteiger partial charge in [0.2, 0.25) is 0 Å². The molecule has 6 heteroatoms. The Morgan fingerprint density at radius 2 is 1.78 bits per heavy atom. The van der Waals surface area contributed by atoms with Gasteiger partial charge in [-0.1, -0.05) is 24.3 Å². The second kappa shape index (κ2) is 10.7. The minimum atomic E-state index is 0.0769. The molecule has 2 aromatic carbocycles. The number of ether oxygens (including phenoxy) is 2. The van der Waals surface area contributed by atoms with Crippen molar-refractivity contribution >= 4 is 5.91 Å². The number of piperidine rings is 1. The highest BCUT2D eigenvalue weighted by Gasteiger charge is 2.25. The highest BCUT2D eigenvalue weighted by Crippen LogP contribution is 2.32. The lowest BCUT2D eigenvalue weighted by Gasteiger charge is -2.33. The molecule has 4 rings (SSSR count). The molecule has 0 aliphatic carbocycles. The zero-order chi connectivity index (χ0) is 22.3. The maximum Gasteiger partial charge on any atom is 0.257 e. The van der Waals surface area contributed by atoms with E-state index in [1.54, 1.807) is 6.07 Å². The molecule has 6 nitrogen and oxygen atoms in total. The van der Waals surface area contributed by atoms with E-state index in [9.17, 15) is 9.90 Å². The van der Waals surface area contributed by atoms with Gasteiger partial charge in [-0.3, -0.25) is 9.69 Å². The predicted molar refractivity (Wildman–Crippen MR) is 124 cm³/mol. The first-order valence-electron chi connectivity index (χ1n) is 11.8. The average molecular weight is 439 g/mol. The van der Waals surface area contributed by atoms with Gasteiger partial charge in [0.05, 0.1) is 18.8 Å². The number of benzene rings is 2. The molecule has 1 N–H and O–H groups in total. The standard InChI is InChI=1S/C26H34N2O4/c1-2-31-24-13-7-10-21(25(24)29)18-27-14-8-9-20(17-27)19-32-23-12-4-3-11-22(23)26(30)28-15-5-6-16-28/h3-4,7,10-13,20,29H,2,5-6,8-9,14-19H2,1H3. The molecule has 0 bridgehead atoms. The summed E-state index contributed by atoms with van der Waals surface area (Å²) in [6.07, 6.45) is 4.35. The zero-order valence-electron chi connectivity index (χ0n) is 19.0. The zero-order valence-corrected chi connectivity index (χ0v) is 19.0. The van der Waals surface area contributed by atoms with Crippen LogP contribution in [0.4, 0.5) is 0 Å². The normalized spacial score (nSPS) is 19.2. The molecule has 2 heterocycles. The number of likely N-dealkylation sites (tertiary alicyclic amines) is 2. The van der Waals surface area contributed by atoms with Crippen LogP contribution in [0.25, 0.3) is 0 Å². The van der Waals surface area contributed by atoms with E-state index in [1.807, 2.05) is 48.2 Å². The summed E-state index contributed by atoms with van der Waals surface area (Å²) in [7, 11) is 0. The van der Waals surface area contributed by atoms with Crippen molar-refractivity contribution in [1.29, 1.82) is 0 Å². The Hall–Kier alpha value is -2.73. The summed E-state index contributed by atoms with van der Waals surface area (Å²) in [5.41, 5.74) is 1.55. The van der Waals surface area contributed by atoms with Crippen molar-refractivity contribution in [2.45, 2.75) is 39.2 Å². The van der Waals surface area contributed by atoms with Crippen LogP contribution in [0, 0.1) is 5.92 Å². The first-order chi connectivity index (χ1) is 15.7. The molecule has 2 aliphatic heterocycles. The van der Waals surface area contributed by atoms with E-state index in [4.69, 9.17) is 9.47 Å². The summed E-state index contributed by atoms with van der Waals surface area (Å²) in [4.78, 5) is 17.2. The van der Waals surface area contributed by atoms with Crippen LogP contribution < -0.4 is 9.47 Å². The van der Waals surface area contributed by atoms with Crippen molar-refractivity contribution in [3.63, 3.8) is 0 Å². The van der Waals surface area contributed by atoms with E-state index in [-0.39, 0.29) is 11.7 Å². The average Bonchev–Trinajstić information content (AvgIpc) is 3.36. The molecule has 32 heavy (non-hydrogen) atoms. The lowest BCUT2D eigenvalue weighted by Crippen LogP contribution is -2.37. The lowest BCUT2D eigenvalue weighted by atomic mass is 9.98. The predicted octanol–water partition coefficient (Wildman–Crippen LogP) is 4.32. The summed E-state index contributed by atoms with van der Waals surface area (Å²) in [5, 5.41) is 10.5. The molecule has 2 saturated heterocycles. The Morgan fingerprint density at radius 1 is 1.00 bits per heavy atom. The molecule has 2 fully saturated rings. The molecule has 1 atom stereocenters. The van der Waals surface area contributed by atoms with Gasteiger partial charge in [-0.05, 0) is 57.4 Å². The fourth-order valence-electron chi connectivity index (χ4n) is 4.71. The summed E-state index contributed by atoms with van der Waals surface area (Å²) < 4.78 is 11.7. The number of hydrogen-bond acceptors (Lipinski definition) is 5. The summed E-state index contributed by atoms with van der Waals surface area (Å²) in [5.74, 6) is 1.93. The summed E-state index contributed by atoms with van der Waals surface area (Å²) in [6.45, 7) is 7.29. The third-order valence-electron chi connectivity index (χ3n) is 6.36. The Balaban J connectivity index is 1.35. The van der Waals surface area contributed by atoms with Crippen molar-refractivity contribution in [3.8, 4) is 17.2 Å². The van der Waals surface area contributed by atoms with Gasteiger partial charge in [-0.2, -0.15) is 0 Å². The van der Waals surface area contributed by atoms with Crippen LogP contribution in [0.3, 0.4) is 0 Å². The van der Waals surface area contributed by atoms with Gasteiger partial charge < -0.3 is 19.5 Å². The molecule has 0 saturated carbocycles. The topological polar surface area (TPSA) is 62.2 Å². The van der Waals surface area contributed by atoms with Crippen molar-refractivity contribution < 1.29 is 19.4 Å². The number of hydrogen-bond donors (Lipinski definition) is 1. The monoisotopic (exact) mass is 438 g/mol. The third kappa shape index (κ3) is 5.36. The van der Waals surface area contributed by atoms with Crippen LogP contribution in [0.15, 0.2) is 42.5 Å². The van der Waals surface area contributed by atoms with Crippen molar-refractivity contribution in [2.75, 3.05) is 39.4 Å². The van der Waals surface area contributed by atoms with E-state index in [2.05, 4.69) is 4.90 Å². The number of phenols is 1. The highest BCUT2D eigenvalue weighted by molar-refractivity contribution is 5.97. The van der Waals surface area contributed by atoms with Crippen LogP contribution in [0.1, 0.15) is 48.5 Å². The number of rotatable bonds is 8. The number of aromatic hydroxyl groups is 1. The van der Waals surface area contributed by atoms with Crippen molar-refractivity contribution in [3.05, 3.63) is 53.6 Å². The number of para-hydroxylation sites is 2. The first-order valence-corrected chi connectivity index (χ1v) is 11.8. The van der Waals surface area contributed by atoms with Crippen LogP contribution >= 0.6 is 0 Å². The third-order valence-corrected chi connectivity index (χ3v) is 6.36. The van der Waals surface area contributed by atoms with Gasteiger partial charge in [0.15, 0.2) is 11.5 Å². The van der Waals surface area contributed by atoms with Gasteiger partial charge >= 0.3 is 0 Å². The van der Waals surface area contributed by atoms with Gasteiger partial charge in [0.1, 0.15) is 5.75 Å². The van der Waals surface area contributed by atoms with Crippen LogP contribution in [-0.4, -0.2) is 60.2 Å². The molecular formula is C26H34N2O4. The Labute approximate surface area is 190 Å². The quantitative estimate of drug-likeness (QED) is 0.665. The fraction of sp³-hybridized carbons (Fsp3) is 0.500. The molecule has 2 aromatic rings. The highest BCUT2D eigenvalue weighted by atomic mass is 16.5. The molecular weight excluding hydrogens is 404 g/mol. The molecule has 1 amide bonds. The molecule has 0 aromatic heterocycles. The maximum absolute atomic E-state index is 12.9. The van der Waals surface area contributed by atoms with Crippen molar-refractivity contribution in [1.82, 2.24) is 9.80 Å². The molecule has 0 spiro atoms. The molecule has 0 radical (unpaired) electrons. The molecule has 2 aliphatic rings. The van der Waals surface area contributed by atoms with Gasteiger partial charge in [-0.15, -0.1) is 0 Å². The van der Waals surface area contributed by atoms with E-state index in [0.29, 0.717) is 42.7 Å². The number of phenolic OH excluding ortho intramolecular Hbond substituents is 1. The SMILES string of the molecule is CCOc1cccc(CN2CCCC(COc3ccccc3C(=O)N3CCCC3)C2)c1O. The van der Waals surface area contributed by atoms with E-state index >= 15 is 0 Å². The Bertz CT molecular complexity index is 910. The van der Waals surface area contributed by atoms with Gasteiger partial charge in [-0.25, -0.2) is 0 Å². The second-order valence-corrected chi connectivity index (χ2v) is 8.75. The summed E-state index contributed by atoms with van der Waals surface area (Å²) in [6, 6.07) is 13.3. The number of amides is 1. The second-order valence-electron chi connectivity index (χ2n) is 8.75. The first kappa shape index (κ1) is 22.5. The minimum Gasteiger partial charge on any atom is -0.504 e. The molecule has 1 unspecified atom stereocenters. The van der Waals surface area contributed by atoms with E-state index in [1.165, 1.54) is 0 Å². The van der Waals surface area contributed by atoms with Crippen LogP contribution in [-0.2, 0) is 6.54 Å². The lowest BCUT2D eigenvalue weighted by molar-refractivity contribution is 0.0784. The van der Waals surface area contributed by atoms with Crippen LogP contribution in [0.5, 0.6) is 17.2 Å². The number of carbonyl (C=O) groups is 1. The van der Waals surface area contributed by atoms with E-state index < -0.39 is 0 Å². The Kier molecular flexibility index (Phi) is 7.53.